The van der Waals surface area contributed by atoms with Crippen molar-refractivity contribution in [2.24, 2.45) is 0 Å². The Balaban J connectivity index is 1.14. The monoisotopic (exact) mass is 565 g/mol. The van der Waals surface area contributed by atoms with Crippen LogP contribution in [0.2, 0.25) is 0 Å². The molecule has 202 valence electrons. The highest BCUT2D eigenvalue weighted by molar-refractivity contribution is 7.26. The summed E-state index contributed by atoms with van der Waals surface area (Å²) in [5.74, 6) is 0. The van der Waals surface area contributed by atoms with Crippen LogP contribution in [0, 0.1) is 0 Å². The molecular formula is C41H27NS. The Kier molecular flexibility index (Phi) is 5.50. The van der Waals surface area contributed by atoms with Gasteiger partial charge in [-0.25, -0.2) is 0 Å². The van der Waals surface area contributed by atoms with Gasteiger partial charge >= 0.3 is 0 Å². The third kappa shape index (κ3) is 3.91. The maximum atomic E-state index is 3.76. The van der Waals surface area contributed by atoms with Gasteiger partial charge in [-0.15, -0.1) is 11.3 Å². The number of hydrogen-bond donors (Lipinski definition) is 1. The smallest absolute Gasteiger partial charge is 0.0433 e. The van der Waals surface area contributed by atoms with E-state index in [1.54, 1.807) is 0 Å². The second-order valence-electron chi connectivity index (χ2n) is 11.3. The fraction of sp³-hybridized carbons (Fsp3) is 0.0244. The Hall–Kier alpha value is -5.18. The van der Waals surface area contributed by atoms with Crippen molar-refractivity contribution >= 4 is 64.8 Å². The summed E-state index contributed by atoms with van der Waals surface area (Å²) < 4.78 is 2.69. The molecule has 0 saturated heterocycles. The molecule has 0 atom stereocenters. The van der Waals surface area contributed by atoms with Crippen LogP contribution in [0.5, 0.6) is 0 Å². The molecule has 0 fully saturated rings. The fourth-order valence-electron chi connectivity index (χ4n) is 6.87. The van der Waals surface area contributed by atoms with Crippen LogP contribution < -0.4 is 5.32 Å². The fourth-order valence-corrected chi connectivity index (χ4v) is 8.11. The van der Waals surface area contributed by atoms with Gasteiger partial charge in [-0.1, -0.05) is 121 Å². The molecular weight excluding hydrogens is 539 g/mol. The van der Waals surface area contributed by atoms with Crippen molar-refractivity contribution in [3.63, 3.8) is 0 Å². The average Bonchev–Trinajstić information content (AvgIpc) is 3.47. The standard InChI is InChI=1S/C41H27NS/c1-3-16-33-31(14-1)32-15-2-4-17-34(32)38-25-42-39(24-37(33)38)29-13-8-11-27(23-29)26-10-7-12-28(22-26)30-19-9-20-36-35-18-5-6-21-40(35)43-41(30)36/h1-24,42H,25H2. The SMILES string of the molecule is C1=C(c2cccc(-c3cccc(-c4cccc5c4sc4ccccc45)c3)c2)NCc2c1c1ccccc1c1ccccc21. The zero-order chi connectivity index (χ0) is 28.3. The molecule has 1 aliphatic rings. The van der Waals surface area contributed by atoms with Crippen LogP contribution in [0.1, 0.15) is 16.7 Å². The minimum Gasteiger partial charge on any atom is -0.380 e. The molecule has 9 rings (SSSR count). The first-order valence-corrected chi connectivity index (χ1v) is 15.6. The zero-order valence-electron chi connectivity index (χ0n) is 23.5. The number of rotatable bonds is 3. The molecule has 0 radical (unpaired) electrons. The summed E-state index contributed by atoms with van der Waals surface area (Å²) in [4.78, 5) is 0. The van der Waals surface area contributed by atoms with Crippen molar-refractivity contribution in [2.75, 3.05) is 0 Å². The van der Waals surface area contributed by atoms with E-state index < -0.39 is 0 Å². The number of benzene rings is 7. The van der Waals surface area contributed by atoms with E-state index in [1.807, 2.05) is 11.3 Å². The van der Waals surface area contributed by atoms with E-state index in [2.05, 4.69) is 151 Å². The summed E-state index contributed by atoms with van der Waals surface area (Å²) in [6.45, 7) is 0.811. The lowest BCUT2D eigenvalue weighted by atomic mass is 9.88. The van der Waals surface area contributed by atoms with Gasteiger partial charge in [0.15, 0.2) is 0 Å². The Morgan fingerprint density at radius 1 is 0.465 bits per heavy atom. The summed E-state index contributed by atoms with van der Waals surface area (Å²) in [7, 11) is 0. The molecule has 1 nitrogen and oxygen atoms in total. The summed E-state index contributed by atoms with van der Waals surface area (Å²) in [6.07, 6.45) is 2.35. The van der Waals surface area contributed by atoms with Gasteiger partial charge in [0.05, 0.1) is 0 Å². The van der Waals surface area contributed by atoms with Crippen LogP contribution in [0.3, 0.4) is 0 Å². The molecule has 0 saturated carbocycles. The van der Waals surface area contributed by atoms with E-state index in [-0.39, 0.29) is 0 Å². The average molecular weight is 566 g/mol. The maximum Gasteiger partial charge on any atom is 0.0433 e. The summed E-state index contributed by atoms with van der Waals surface area (Å²) in [6, 6.07) is 51.0. The number of fused-ring (bicyclic) bond motifs is 9. The topological polar surface area (TPSA) is 12.0 Å². The van der Waals surface area contributed by atoms with Crippen LogP contribution in [-0.4, -0.2) is 0 Å². The van der Waals surface area contributed by atoms with Crippen LogP contribution >= 0.6 is 11.3 Å². The Morgan fingerprint density at radius 2 is 1.05 bits per heavy atom. The van der Waals surface area contributed by atoms with E-state index in [4.69, 9.17) is 0 Å². The van der Waals surface area contributed by atoms with Crippen LogP contribution in [0.4, 0.5) is 0 Å². The second-order valence-corrected chi connectivity index (χ2v) is 12.4. The van der Waals surface area contributed by atoms with E-state index in [1.165, 1.54) is 86.4 Å². The molecule has 1 N–H and O–H groups in total. The lowest BCUT2D eigenvalue weighted by Gasteiger charge is -2.23. The molecule has 0 spiro atoms. The summed E-state index contributed by atoms with van der Waals surface area (Å²) in [5.41, 5.74) is 10.1. The summed E-state index contributed by atoms with van der Waals surface area (Å²) >= 11 is 1.89. The molecule has 0 amide bonds. The van der Waals surface area contributed by atoms with Crippen LogP contribution in [0.25, 0.3) is 75.7 Å². The number of thiophene rings is 1. The molecule has 0 bridgehead atoms. The minimum atomic E-state index is 0.811. The van der Waals surface area contributed by atoms with Gasteiger partial charge in [0.1, 0.15) is 0 Å². The first-order chi connectivity index (χ1) is 21.3. The van der Waals surface area contributed by atoms with Crippen molar-refractivity contribution < 1.29 is 0 Å². The van der Waals surface area contributed by atoms with Crippen molar-refractivity contribution in [2.45, 2.75) is 6.54 Å². The molecule has 0 aliphatic carbocycles. The highest BCUT2D eigenvalue weighted by Crippen LogP contribution is 2.41. The predicted octanol–water partition coefficient (Wildman–Crippen LogP) is 11.3. The van der Waals surface area contributed by atoms with E-state index in [0.29, 0.717) is 0 Å². The van der Waals surface area contributed by atoms with Crippen molar-refractivity contribution in [1.29, 1.82) is 0 Å². The maximum absolute atomic E-state index is 3.76. The quantitative estimate of drug-likeness (QED) is 0.210. The van der Waals surface area contributed by atoms with E-state index in [0.717, 1.165) is 6.54 Å². The lowest BCUT2D eigenvalue weighted by Crippen LogP contribution is -2.17. The van der Waals surface area contributed by atoms with E-state index in [9.17, 15) is 0 Å². The third-order valence-electron chi connectivity index (χ3n) is 8.91. The predicted molar refractivity (Wildman–Crippen MR) is 186 cm³/mol. The number of hydrogen-bond acceptors (Lipinski definition) is 2. The van der Waals surface area contributed by atoms with Gasteiger partial charge in [0, 0.05) is 32.4 Å². The van der Waals surface area contributed by atoms with Gasteiger partial charge in [-0.2, -0.15) is 0 Å². The largest absolute Gasteiger partial charge is 0.380 e. The van der Waals surface area contributed by atoms with Gasteiger partial charge in [-0.05, 0) is 84.8 Å². The summed E-state index contributed by atoms with van der Waals surface area (Å²) in [5, 5.41) is 11.7. The highest BCUT2D eigenvalue weighted by Gasteiger charge is 2.18. The molecule has 2 heteroatoms. The van der Waals surface area contributed by atoms with Crippen molar-refractivity contribution in [1.82, 2.24) is 5.32 Å². The first kappa shape index (κ1) is 24.4. The molecule has 8 aromatic rings. The third-order valence-corrected chi connectivity index (χ3v) is 10.1. The minimum absolute atomic E-state index is 0.811. The van der Waals surface area contributed by atoms with Gasteiger partial charge in [-0.3, -0.25) is 0 Å². The molecule has 7 aromatic carbocycles. The zero-order valence-corrected chi connectivity index (χ0v) is 24.3. The lowest BCUT2D eigenvalue weighted by molar-refractivity contribution is 0.889. The molecule has 0 unspecified atom stereocenters. The van der Waals surface area contributed by atoms with Gasteiger partial charge in [0.25, 0.3) is 0 Å². The van der Waals surface area contributed by atoms with E-state index >= 15 is 0 Å². The first-order valence-electron chi connectivity index (χ1n) is 14.8. The highest BCUT2D eigenvalue weighted by atomic mass is 32.1. The molecule has 2 heterocycles. The molecule has 43 heavy (non-hydrogen) atoms. The Labute approximate surface area is 254 Å². The van der Waals surface area contributed by atoms with Gasteiger partial charge < -0.3 is 5.32 Å². The Bertz CT molecular complexity index is 2410. The molecule has 1 aromatic heterocycles. The second kappa shape index (κ2) is 9.69. The van der Waals surface area contributed by atoms with Crippen molar-refractivity contribution in [3.8, 4) is 22.3 Å². The molecule has 1 aliphatic heterocycles. The van der Waals surface area contributed by atoms with Crippen LogP contribution in [-0.2, 0) is 6.54 Å². The Morgan fingerprint density at radius 3 is 1.86 bits per heavy atom. The number of nitrogens with one attached hydrogen (secondary N) is 1. The van der Waals surface area contributed by atoms with Crippen LogP contribution in [0.15, 0.2) is 140 Å². The van der Waals surface area contributed by atoms with Crippen molar-refractivity contribution in [3.05, 3.63) is 156 Å². The normalized spacial score (nSPS) is 12.9. The van der Waals surface area contributed by atoms with Gasteiger partial charge in [0.2, 0.25) is 0 Å².